The summed E-state index contributed by atoms with van der Waals surface area (Å²) in [6.45, 7) is -1.14. The highest BCUT2D eigenvalue weighted by Gasteiger charge is 2.23. The number of carbonyl (C=O) groups excluding carboxylic acids is 1. The van der Waals surface area contributed by atoms with Crippen molar-refractivity contribution in [2.24, 2.45) is 0 Å². The summed E-state index contributed by atoms with van der Waals surface area (Å²) in [7, 11) is 0. The van der Waals surface area contributed by atoms with Crippen LogP contribution in [0.5, 0.6) is 5.75 Å². The number of aromatic nitrogens is 2. The summed E-state index contributed by atoms with van der Waals surface area (Å²) in [6.07, 6.45) is 0. The lowest BCUT2D eigenvalue weighted by molar-refractivity contribution is -0.120. The normalized spacial score (nSPS) is 12.0. The monoisotopic (exact) mass is 481 g/mol. The average molecular weight is 482 g/mol. The van der Waals surface area contributed by atoms with Gasteiger partial charge < -0.3 is 14.5 Å². The van der Waals surface area contributed by atoms with Gasteiger partial charge in [0, 0.05) is 5.56 Å². The summed E-state index contributed by atoms with van der Waals surface area (Å²) in [4.78, 5) is 13.0. The van der Waals surface area contributed by atoms with Gasteiger partial charge in [-0.3, -0.25) is 4.79 Å². The molecule has 1 unspecified atom stereocenters. The lowest BCUT2D eigenvalue weighted by atomic mass is 9.98. The molecular formula is C25H21F2N3O3S. The second kappa shape index (κ2) is 10.9. The Labute approximate surface area is 199 Å². The van der Waals surface area contributed by atoms with Crippen LogP contribution in [0.25, 0.3) is 11.5 Å². The number of rotatable bonds is 9. The summed E-state index contributed by atoms with van der Waals surface area (Å²) in [5.41, 5.74) is 2.49. The van der Waals surface area contributed by atoms with Crippen molar-refractivity contribution >= 4 is 17.7 Å². The van der Waals surface area contributed by atoms with Crippen molar-refractivity contribution in [3.63, 3.8) is 0 Å². The van der Waals surface area contributed by atoms with Gasteiger partial charge in [0.05, 0.1) is 11.3 Å². The lowest BCUT2D eigenvalue weighted by Gasteiger charge is -2.21. The van der Waals surface area contributed by atoms with Crippen molar-refractivity contribution in [2.45, 2.75) is 30.0 Å². The third kappa shape index (κ3) is 5.99. The Morgan fingerprint density at radius 3 is 2.06 bits per heavy atom. The van der Waals surface area contributed by atoms with E-state index in [2.05, 4.69) is 20.3 Å². The van der Waals surface area contributed by atoms with Gasteiger partial charge in [0.2, 0.25) is 11.8 Å². The van der Waals surface area contributed by atoms with Gasteiger partial charge >= 0.3 is 6.61 Å². The maximum absolute atomic E-state index is 13.0. The number of benzene rings is 3. The van der Waals surface area contributed by atoms with Gasteiger partial charge in [0.1, 0.15) is 5.75 Å². The van der Waals surface area contributed by atoms with Crippen molar-refractivity contribution in [3.8, 4) is 17.2 Å². The molecule has 4 rings (SSSR count). The Balaban J connectivity index is 1.43. The standard InChI is InChI=1S/C25H21F2N3O3S/c1-16(22(31)28-21(17-8-4-2-5-9-17)18-10-6-3-7-11-18)34-25-30-29-23(33-25)19-12-14-20(15-13-19)32-24(26)27/h2-16,21,24H,1H3,(H,28,31). The van der Waals surface area contributed by atoms with Crippen LogP contribution in [0.4, 0.5) is 8.78 Å². The summed E-state index contributed by atoms with van der Waals surface area (Å²) in [5.74, 6) is 0.0608. The molecule has 0 aliphatic heterocycles. The maximum Gasteiger partial charge on any atom is 0.387 e. The van der Waals surface area contributed by atoms with Gasteiger partial charge in [-0.05, 0) is 42.3 Å². The molecule has 1 heterocycles. The van der Waals surface area contributed by atoms with Crippen LogP contribution in [0, 0.1) is 0 Å². The molecule has 34 heavy (non-hydrogen) atoms. The predicted molar refractivity (Wildman–Crippen MR) is 125 cm³/mol. The molecule has 0 aliphatic rings. The highest BCUT2D eigenvalue weighted by molar-refractivity contribution is 8.00. The van der Waals surface area contributed by atoms with Gasteiger partial charge in [-0.1, -0.05) is 72.4 Å². The molecule has 4 aromatic rings. The molecule has 9 heteroatoms. The topological polar surface area (TPSA) is 77.2 Å². The number of thioether (sulfide) groups is 1. The lowest BCUT2D eigenvalue weighted by Crippen LogP contribution is -2.34. The third-order valence-corrected chi connectivity index (χ3v) is 5.87. The highest BCUT2D eigenvalue weighted by Crippen LogP contribution is 2.29. The largest absolute Gasteiger partial charge is 0.435 e. The maximum atomic E-state index is 13.0. The minimum Gasteiger partial charge on any atom is -0.435 e. The number of hydrogen-bond acceptors (Lipinski definition) is 6. The second-order valence-electron chi connectivity index (χ2n) is 7.30. The average Bonchev–Trinajstić information content (AvgIpc) is 3.32. The van der Waals surface area contributed by atoms with Crippen LogP contribution in [0.15, 0.2) is 94.6 Å². The predicted octanol–water partition coefficient (Wildman–Crippen LogP) is 5.72. The molecule has 3 aromatic carbocycles. The molecule has 1 atom stereocenters. The van der Waals surface area contributed by atoms with E-state index in [9.17, 15) is 13.6 Å². The number of nitrogens with zero attached hydrogens (tertiary/aromatic N) is 2. The first-order chi connectivity index (χ1) is 16.5. The first-order valence-electron chi connectivity index (χ1n) is 10.5. The molecule has 1 amide bonds. The van der Waals surface area contributed by atoms with Gasteiger partial charge in [-0.25, -0.2) is 0 Å². The fourth-order valence-corrected chi connectivity index (χ4v) is 3.96. The molecule has 6 nitrogen and oxygen atoms in total. The first-order valence-corrected chi connectivity index (χ1v) is 11.3. The van der Waals surface area contributed by atoms with Gasteiger partial charge in [-0.2, -0.15) is 8.78 Å². The van der Waals surface area contributed by atoms with E-state index in [-0.39, 0.29) is 28.8 Å². The Morgan fingerprint density at radius 1 is 0.912 bits per heavy atom. The number of nitrogens with one attached hydrogen (secondary N) is 1. The van der Waals surface area contributed by atoms with E-state index in [1.54, 1.807) is 19.1 Å². The number of ether oxygens (including phenoxy) is 1. The zero-order valence-corrected chi connectivity index (χ0v) is 18.9. The van der Waals surface area contributed by atoms with Gasteiger partial charge in [-0.15, -0.1) is 10.2 Å². The Hall–Kier alpha value is -3.72. The van der Waals surface area contributed by atoms with Crippen LogP contribution in [-0.2, 0) is 4.79 Å². The van der Waals surface area contributed by atoms with Crippen LogP contribution in [-0.4, -0.2) is 28.0 Å². The highest BCUT2D eigenvalue weighted by atomic mass is 32.2. The van der Waals surface area contributed by atoms with E-state index in [4.69, 9.17) is 4.42 Å². The smallest absolute Gasteiger partial charge is 0.387 e. The quantitative estimate of drug-likeness (QED) is 0.308. The molecule has 0 saturated carbocycles. The molecule has 174 valence electrons. The molecule has 0 saturated heterocycles. The summed E-state index contributed by atoms with van der Waals surface area (Å²) in [6, 6.07) is 25.0. The minimum absolute atomic E-state index is 0.0320. The molecular weight excluding hydrogens is 460 g/mol. The second-order valence-corrected chi connectivity index (χ2v) is 8.59. The molecule has 0 bridgehead atoms. The van der Waals surface area contributed by atoms with Crippen LogP contribution in [0.3, 0.4) is 0 Å². The van der Waals surface area contributed by atoms with Crippen LogP contribution in [0.1, 0.15) is 24.1 Å². The fraction of sp³-hybridized carbons (Fsp3) is 0.160. The molecule has 1 N–H and O–H groups in total. The van der Waals surface area contributed by atoms with Crippen molar-refractivity contribution in [2.75, 3.05) is 0 Å². The summed E-state index contributed by atoms with van der Waals surface area (Å²) >= 11 is 1.13. The summed E-state index contributed by atoms with van der Waals surface area (Å²) < 4.78 is 34.6. The van der Waals surface area contributed by atoms with E-state index >= 15 is 0 Å². The van der Waals surface area contributed by atoms with E-state index in [0.717, 1.165) is 22.9 Å². The Morgan fingerprint density at radius 2 is 1.50 bits per heavy atom. The number of amides is 1. The van der Waals surface area contributed by atoms with E-state index in [1.807, 2.05) is 60.7 Å². The SMILES string of the molecule is CC(Sc1nnc(-c2ccc(OC(F)F)cc2)o1)C(=O)NC(c1ccccc1)c1ccccc1. The Bertz CT molecular complexity index is 1170. The van der Waals surface area contributed by atoms with Gasteiger partial charge in [0.25, 0.3) is 5.22 Å². The molecule has 0 aliphatic carbocycles. The van der Waals surface area contributed by atoms with E-state index in [0.29, 0.717) is 5.56 Å². The van der Waals surface area contributed by atoms with E-state index < -0.39 is 11.9 Å². The van der Waals surface area contributed by atoms with Gasteiger partial charge in [0.15, 0.2) is 0 Å². The van der Waals surface area contributed by atoms with Crippen molar-refractivity contribution in [1.29, 1.82) is 0 Å². The summed E-state index contributed by atoms with van der Waals surface area (Å²) in [5, 5.41) is 10.8. The number of hydrogen-bond donors (Lipinski definition) is 1. The van der Waals surface area contributed by atoms with Crippen LogP contribution in [0.2, 0.25) is 0 Å². The number of alkyl halides is 2. The van der Waals surface area contributed by atoms with Crippen LogP contribution < -0.4 is 10.1 Å². The molecule has 0 spiro atoms. The zero-order chi connectivity index (χ0) is 23.9. The molecule has 1 aromatic heterocycles. The number of halogens is 2. The minimum atomic E-state index is -2.90. The first kappa shape index (κ1) is 23.4. The van der Waals surface area contributed by atoms with Crippen molar-refractivity contribution < 1.29 is 22.7 Å². The third-order valence-electron chi connectivity index (χ3n) is 4.93. The number of carbonyl (C=O) groups is 1. The molecule has 0 fully saturated rings. The van der Waals surface area contributed by atoms with Crippen molar-refractivity contribution in [1.82, 2.24) is 15.5 Å². The molecule has 0 radical (unpaired) electrons. The van der Waals surface area contributed by atoms with Crippen molar-refractivity contribution in [3.05, 3.63) is 96.1 Å². The zero-order valence-electron chi connectivity index (χ0n) is 18.1. The fourth-order valence-electron chi connectivity index (χ4n) is 3.27. The van der Waals surface area contributed by atoms with Crippen LogP contribution >= 0.6 is 11.8 Å². The Kier molecular flexibility index (Phi) is 7.54. The van der Waals surface area contributed by atoms with E-state index in [1.165, 1.54) is 12.1 Å².